The summed E-state index contributed by atoms with van der Waals surface area (Å²) >= 11 is 1.90. The van der Waals surface area contributed by atoms with E-state index in [4.69, 9.17) is 25.7 Å². The lowest BCUT2D eigenvalue weighted by Crippen LogP contribution is -2.36. The molecule has 4 heterocycles. The molecule has 4 saturated heterocycles. The van der Waals surface area contributed by atoms with Crippen molar-refractivity contribution in [2.45, 2.75) is 198 Å². The number of morpholine rings is 2. The molecule has 2 aromatic carbocycles. The molecule has 0 bridgehead atoms. The van der Waals surface area contributed by atoms with Crippen LogP contribution in [0.25, 0.3) is 0 Å². The molecular formula is C73H142N6O7S. The van der Waals surface area contributed by atoms with Gasteiger partial charge in [-0.15, -0.1) is 18.9 Å². The van der Waals surface area contributed by atoms with E-state index in [0.717, 1.165) is 91.4 Å². The Kier molecular flexibility index (Phi) is 89.7. The van der Waals surface area contributed by atoms with Crippen molar-refractivity contribution >= 4 is 29.4 Å². The van der Waals surface area contributed by atoms with Crippen LogP contribution in [0.5, 0.6) is 0 Å². The van der Waals surface area contributed by atoms with Crippen LogP contribution < -0.4 is 4.90 Å². The van der Waals surface area contributed by atoms with Crippen molar-refractivity contribution in [1.29, 1.82) is 0 Å². The number of anilines is 1. The molecule has 1 N–H and O–H groups in total. The summed E-state index contributed by atoms with van der Waals surface area (Å²) in [5.41, 5.74) is 2.62. The highest BCUT2D eigenvalue weighted by atomic mass is 32.2. The fourth-order valence-corrected chi connectivity index (χ4v) is 8.19. The molecule has 13 nitrogen and oxygen atoms in total. The molecule has 14 heteroatoms. The molecule has 4 aliphatic rings. The molecule has 0 unspecified atom stereocenters. The molecule has 0 aromatic heterocycles. The number of para-hydroxylation sites is 1. The minimum atomic E-state index is -0.745. The molecule has 0 saturated carbocycles. The molecule has 0 radical (unpaired) electrons. The van der Waals surface area contributed by atoms with Crippen LogP contribution in [0.2, 0.25) is 0 Å². The number of rotatable bonds is 21. The average Bonchev–Trinajstić information content (AvgIpc) is 3.56. The second kappa shape index (κ2) is 82.5. The van der Waals surface area contributed by atoms with Gasteiger partial charge in [-0.3, -0.25) is 19.4 Å². The van der Waals surface area contributed by atoms with Gasteiger partial charge in [-0.2, -0.15) is 11.8 Å². The maximum absolute atomic E-state index is 9.96. The van der Waals surface area contributed by atoms with Gasteiger partial charge < -0.3 is 43.7 Å². The number of unbranched alkanes of at least 4 members (excludes halogenated alkanes) is 3. The summed E-state index contributed by atoms with van der Waals surface area (Å²) in [6.07, 6.45) is 31.7. The van der Waals surface area contributed by atoms with Crippen molar-refractivity contribution in [3.8, 4) is 12.3 Å². The van der Waals surface area contributed by atoms with Crippen molar-refractivity contribution in [3.63, 3.8) is 0 Å². The second-order valence-corrected chi connectivity index (χ2v) is 22.7. The Morgan fingerprint density at radius 3 is 1.23 bits per heavy atom. The summed E-state index contributed by atoms with van der Waals surface area (Å²) in [5.74, 6) is 2.92. The predicted molar refractivity (Wildman–Crippen MR) is 385 cm³/mol. The molecule has 4 aliphatic heterocycles. The largest absolute Gasteiger partial charge is 0.481 e. The summed E-state index contributed by atoms with van der Waals surface area (Å²) < 4.78 is 19.4. The van der Waals surface area contributed by atoms with Crippen LogP contribution in [-0.4, -0.2) is 208 Å². The van der Waals surface area contributed by atoms with Crippen molar-refractivity contribution in [3.05, 3.63) is 78.9 Å². The highest BCUT2D eigenvalue weighted by molar-refractivity contribution is 7.98. The van der Waals surface area contributed by atoms with E-state index in [0.29, 0.717) is 6.42 Å². The first-order valence-corrected chi connectivity index (χ1v) is 35.2. The zero-order chi connectivity index (χ0) is 66.7. The Balaban J connectivity index is -0.000000208. The Bertz CT molecular complexity index is 1550. The molecule has 2 aromatic rings. The first-order valence-electron chi connectivity index (χ1n) is 33.8. The van der Waals surface area contributed by atoms with E-state index < -0.39 is 5.97 Å². The van der Waals surface area contributed by atoms with Crippen LogP contribution >= 0.6 is 11.8 Å². The fraction of sp³-hybridized carbons (Fsp3) is 0.753. The van der Waals surface area contributed by atoms with E-state index in [1.807, 2.05) is 56.2 Å². The molecule has 512 valence electrons. The third-order valence-corrected chi connectivity index (χ3v) is 13.6. The molecule has 0 amide bonds. The number of thioether (sulfide) groups is 1. The highest BCUT2D eigenvalue weighted by Gasteiger charge is 2.10. The molecule has 0 aliphatic carbocycles. The SMILES string of the molecule is C#CCCC.C=CCC.CCC(=O)O.CCC(=O)OC.CCCCN1CCCCC1.CCCCN1CCOCC1.CCCN1CCCCC1.CCCN1CCOCC1.CCCOC.CCCSC.CN(C)Cc1ccccc1.CN(C)c1ccccc1. The first-order chi connectivity index (χ1) is 42.1. The van der Waals surface area contributed by atoms with Crippen LogP contribution in [0.15, 0.2) is 73.3 Å². The maximum atomic E-state index is 9.96. The number of carbonyl (C=O) groups is 2. The highest BCUT2D eigenvalue weighted by Crippen LogP contribution is 2.10. The van der Waals surface area contributed by atoms with Gasteiger partial charge in [0.1, 0.15) is 0 Å². The van der Waals surface area contributed by atoms with Crippen molar-refractivity contribution in [2.75, 3.05) is 171 Å². The summed E-state index contributed by atoms with van der Waals surface area (Å²) in [6.45, 7) is 45.0. The number of piperidine rings is 2. The molecule has 87 heavy (non-hydrogen) atoms. The van der Waals surface area contributed by atoms with E-state index >= 15 is 0 Å². The minimum absolute atomic E-state index is 0.157. The van der Waals surface area contributed by atoms with Gasteiger partial charge in [0.2, 0.25) is 0 Å². The normalized spacial score (nSPS) is 14.2. The number of carbonyl (C=O) groups excluding carboxylic acids is 1. The molecule has 0 spiro atoms. The van der Waals surface area contributed by atoms with Gasteiger partial charge in [-0.1, -0.05) is 150 Å². The quantitative estimate of drug-likeness (QED) is 0.0727. The molecule has 4 fully saturated rings. The Morgan fingerprint density at radius 1 is 0.598 bits per heavy atom. The number of aliphatic carboxylic acids is 1. The number of carboxylic acid groups (broad SMARTS) is 1. The smallest absolute Gasteiger partial charge is 0.305 e. The number of hydrogen-bond acceptors (Lipinski definition) is 13. The number of esters is 1. The van der Waals surface area contributed by atoms with Gasteiger partial charge in [-0.25, -0.2) is 0 Å². The van der Waals surface area contributed by atoms with Crippen molar-refractivity contribution in [1.82, 2.24) is 24.5 Å². The zero-order valence-corrected chi connectivity index (χ0v) is 60.8. The third-order valence-electron chi connectivity index (χ3n) is 12.8. The predicted octanol–water partition coefficient (Wildman–Crippen LogP) is 16.4. The Hall–Kier alpha value is -3.49. The number of ether oxygens (including phenoxy) is 4. The zero-order valence-electron chi connectivity index (χ0n) is 60.0. The summed E-state index contributed by atoms with van der Waals surface area (Å²) in [6, 6.07) is 20.7. The standard InChI is InChI=1S/C9H13N.C9H19N.C8H17NO.C8H11N.C8H17N.C7H15NO.C5H8.C4H8O2.C4H10O.C4H10S.C4H8.C3H6O2/c1-10(2)8-9-6-4-3-5-7-9;1-2-3-7-10-8-5-4-6-9-10;1-2-3-4-9-5-7-10-8-6-9;1-9(2)8-6-4-3-5-7-8;1-2-6-9-7-4-3-5-8-9;1-2-3-8-4-6-9-7-5-8;1-3-5-4-2;1-3-4(5)6-2;2*1-3-4-5-2;1-3-4-2;1-2-3(4)5/h3-7H,8H2,1-2H3;2-9H2,1H3;2-8H2,1H3;3-7H,1-2H3;2-8H2,1H3;2-7H2,1H3;1H,4-5H2,2H3;3H2,1-2H3;2*3-4H2,1-2H3;3H,1,4H2,2H3;2H2,1H3,(H,4,5). The summed E-state index contributed by atoms with van der Waals surface area (Å²) in [4.78, 5) is 33.7. The number of methoxy groups -OCH3 is 2. The van der Waals surface area contributed by atoms with Crippen molar-refractivity contribution in [2.24, 2.45) is 0 Å². The maximum Gasteiger partial charge on any atom is 0.305 e. The summed E-state index contributed by atoms with van der Waals surface area (Å²) in [5, 5.41) is 7.72. The third kappa shape index (κ3) is 84.6. The first kappa shape index (κ1) is 94.6. The van der Waals surface area contributed by atoms with Crippen LogP contribution in [0.3, 0.4) is 0 Å². The van der Waals surface area contributed by atoms with E-state index in [-0.39, 0.29) is 12.4 Å². The Morgan fingerprint density at radius 2 is 1.00 bits per heavy atom. The van der Waals surface area contributed by atoms with E-state index in [9.17, 15) is 9.59 Å². The number of benzene rings is 2. The van der Waals surface area contributed by atoms with Gasteiger partial charge in [0.15, 0.2) is 0 Å². The second-order valence-electron chi connectivity index (χ2n) is 21.7. The lowest BCUT2D eigenvalue weighted by molar-refractivity contribution is -0.140. The fourth-order valence-electron chi connectivity index (χ4n) is 7.78. The van der Waals surface area contributed by atoms with Crippen LogP contribution in [0, 0.1) is 12.3 Å². The molecule has 6 rings (SSSR count). The number of allylic oxidation sites excluding steroid dienone is 1. The van der Waals surface area contributed by atoms with Gasteiger partial charge >= 0.3 is 11.9 Å². The monoisotopic (exact) mass is 1250 g/mol. The van der Waals surface area contributed by atoms with E-state index in [2.05, 4.69) is 159 Å². The van der Waals surface area contributed by atoms with Gasteiger partial charge in [0.05, 0.1) is 33.5 Å². The van der Waals surface area contributed by atoms with Gasteiger partial charge in [-0.05, 0) is 173 Å². The average molecular weight is 1250 g/mol. The Labute approximate surface area is 544 Å². The van der Waals surface area contributed by atoms with Gasteiger partial charge in [0.25, 0.3) is 0 Å². The van der Waals surface area contributed by atoms with Crippen LogP contribution in [0.4, 0.5) is 5.69 Å². The number of hydrogen-bond donors (Lipinski definition) is 1. The van der Waals surface area contributed by atoms with E-state index in [1.54, 1.807) is 21.0 Å². The van der Waals surface area contributed by atoms with Crippen molar-refractivity contribution < 1.29 is 33.6 Å². The lowest BCUT2D eigenvalue weighted by atomic mass is 10.1. The summed E-state index contributed by atoms with van der Waals surface area (Å²) in [7, 11) is 11.3. The van der Waals surface area contributed by atoms with E-state index in [1.165, 1.54) is 160 Å². The number of likely N-dealkylation sites (tertiary alicyclic amines) is 2. The lowest BCUT2D eigenvalue weighted by Gasteiger charge is -2.26. The number of nitrogens with zero attached hydrogens (tertiary/aromatic N) is 6. The van der Waals surface area contributed by atoms with Crippen LogP contribution in [0.1, 0.15) is 197 Å². The number of carboxylic acids is 1. The molecular weight excluding hydrogens is 1100 g/mol. The van der Waals surface area contributed by atoms with Gasteiger partial charge in [0, 0.05) is 85.5 Å². The topological polar surface area (TPSA) is 111 Å². The number of terminal acetylenes is 1. The molecule has 0 atom stereocenters. The van der Waals surface area contributed by atoms with Crippen LogP contribution in [-0.2, 0) is 35.1 Å². The minimum Gasteiger partial charge on any atom is -0.481 e.